The third-order valence-corrected chi connectivity index (χ3v) is 6.62. The topological polar surface area (TPSA) is 85.5 Å². The van der Waals surface area contributed by atoms with Crippen LogP contribution in [0.4, 0.5) is 5.13 Å². The smallest absolute Gasteiger partial charge is 0.297 e. The average molecular weight is 468 g/mol. The minimum absolute atomic E-state index is 0.00402. The van der Waals surface area contributed by atoms with Crippen molar-refractivity contribution in [2.24, 2.45) is 0 Å². The van der Waals surface area contributed by atoms with Crippen molar-refractivity contribution in [3.05, 3.63) is 79.6 Å². The number of fused-ring (bicyclic) bond motifs is 2. The number of hydrogen-bond donors (Lipinski definition) is 0. The zero-order valence-corrected chi connectivity index (χ0v) is 18.9. The number of aryl methyl sites for hydroxylation is 1. The Labute approximate surface area is 192 Å². The molecule has 1 amide bonds. The monoisotopic (exact) mass is 467 g/mol. The molecule has 1 atom stereocenters. The highest BCUT2D eigenvalue weighted by Gasteiger charge is 2.45. The first-order valence-electron chi connectivity index (χ1n) is 10.2. The molecule has 1 aliphatic heterocycles. The number of anilines is 1. The minimum atomic E-state index is -0.695. The second-order valence-electron chi connectivity index (χ2n) is 7.23. The maximum absolute atomic E-state index is 13.6. The molecule has 9 heteroatoms. The van der Waals surface area contributed by atoms with Gasteiger partial charge < -0.3 is 9.15 Å². The average Bonchev–Trinajstić information content (AvgIpc) is 3.37. The molecule has 162 valence electrons. The van der Waals surface area contributed by atoms with Gasteiger partial charge in [0.25, 0.3) is 5.91 Å². The number of hydrogen-bond acceptors (Lipinski definition) is 7. The van der Waals surface area contributed by atoms with E-state index in [9.17, 15) is 9.59 Å². The van der Waals surface area contributed by atoms with E-state index in [0.29, 0.717) is 39.9 Å². The summed E-state index contributed by atoms with van der Waals surface area (Å²) in [4.78, 5) is 28.6. The number of halogens is 1. The fourth-order valence-corrected chi connectivity index (χ4v) is 4.78. The van der Waals surface area contributed by atoms with Crippen molar-refractivity contribution >= 4 is 44.9 Å². The molecule has 3 heterocycles. The van der Waals surface area contributed by atoms with E-state index in [1.807, 2.05) is 13.8 Å². The van der Waals surface area contributed by atoms with Gasteiger partial charge in [0.05, 0.1) is 23.6 Å². The largest absolute Gasteiger partial charge is 0.494 e. The van der Waals surface area contributed by atoms with Gasteiger partial charge in [-0.25, -0.2) is 0 Å². The van der Waals surface area contributed by atoms with Crippen molar-refractivity contribution in [3.8, 4) is 5.75 Å². The van der Waals surface area contributed by atoms with Crippen LogP contribution < -0.4 is 15.1 Å². The molecular weight excluding hydrogens is 450 g/mol. The number of rotatable bonds is 5. The lowest BCUT2D eigenvalue weighted by Crippen LogP contribution is -2.29. The van der Waals surface area contributed by atoms with Crippen molar-refractivity contribution in [2.75, 3.05) is 11.5 Å². The number of amides is 1. The lowest BCUT2D eigenvalue weighted by molar-refractivity contribution is 0.0970. The van der Waals surface area contributed by atoms with Crippen molar-refractivity contribution in [1.82, 2.24) is 10.2 Å². The fourth-order valence-electron chi connectivity index (χ4n) is 3.85. The summed E-state index contributed by atoms with van der Waals surface area (Å²) in [5, 5.41) is 10.5. The molecule has 0 bridgehead atoms. The van der Waals surface area contributed by atoms with E-state index in [4.69, 9.17) is 20.8 Å². The molecule has 0 saturated heterocycles. The number of ether oxygens (including phenoxy) is 1. The first-order chi connectivity index (χ1) is 15.5. The van der Waals surface area contributed by atoms with Gasteiger partial charge >= 0.3 is 0 Å². The van der Waals surface area contributed by atoms with E-state index < -0.39 is 11.9 Å². The normalized spacial score (nSPS) is 15.4. The molecule has 0 spiro atoms. The van der Waals surface area contributed by atoms with E-state index >= 15 is 0 Å². The Morgan fingerprint density at radius 3 is 2.59 bits per heavy atom. The van der Waals surface area contributed by atoms with E-state index in [0.717, 1.165) is 10.6 Å². The molecule has 32 heavy (non-hydrogen) atoms. The zero-order valence-electron chi connectivity index (χ0n) is 17.3. The number of carbonyl (C=O) groups is 1. The quantitative estimate of drug-likeness (QED) is 0.410. The summed E-state index contributed by atoms with van der Waals surface area (Å²) in [6.45, 7) is 4.31. The number of carbonyl (C=O) groups excluding carboxylic acids is 1. The highest BCUT2D eigenvalue weighted by molar-refractivity contribution is 7.15. The third kappa shape index (κ3) is 3.27. The van der Waals surface area contributed by atoms with Crippen LogP contribution in [0.1, 0.15) is 46.6 Å². The van der Waals surface area contributed by atoms with Gasteiger partial charge in [-0.05, 0) is 43.2 Å². The lowest BCUT2D eigenvalue weighted by atomic mass is 9.99. The molecular formula is C23H18ClN3O4S. The molecule has 7 nitrogen and oxygen atoms in total. The highest BCUT2D eigenvalue weighted by Crippen LogP contribution is 2.42. The van der Waals surface area contributed by atoms with Crippen molar-refractivity contribution in [1.29, 1.82) is 0 Å². The van der Waals surface area contributed by atoms with Crippen LogP contribution in [0.25, 0.3) is 11.0 Å². The Morgan fingerprint density at radius 2 is 1.91 bits per heavy atom. The van der Waals surface area contributed by atoms with E-state index in [-0.39, 0.29) is 16.8 Å². The van der Waals surface area contributed by atoms with Gasteiger partial charge in [0, 0.05) is 11.1 Å². The van der Waals surface area contributed by atoms with E-state index in [2.05, 4.69) is 10.2 Å². The molecule has 4 aromatic rings. The molecule has 1 unspecified atom stereocenters. The first-order valence-corrected chi connectivity index (χ1v) is 11.4. The molecule has 0 aliphatic carbocycles. The van der Waals surface area contributed by atoms with Crippen LogP contribution in [0.5, 0.6) is 5.75 Å². The number of nitrogens with zero attached hydrogens (tertiary/aromatic N) is 3. The summed E-state index contributed by atoms with van der Waals surface area (Å²) in [5.74, 6) is 0.139. The van der Waals surface area contributed by atoms with Crippen LogP contribution in [-0.4, -0.2) is 22.7 Å². The van der Waals surface area contributed by atoms with Gasteiger partial charge in [0.1, 0.15) is 16.3 Å². The Bertz CT molecular complexity index is 1400. The van der Waals surface area contributed by atoms with Gasteiger partial charge in [-0.3, -0.25) is 14.5 Å². The van der Waals surface area contributed by atoms with Crippen LogP contribution in [0.15, 0.2) is 51.7 Å². The molecule has 0 saturated carbocycles. The standard InChI is InChI=1S/C23H18ClN3O4S/c1-3-17-25-26-23(32-17)27-19(12-5-7-13(24)8-6-12)18-20(28)15-10-9-14(30-4-2)11-16(15)31-21(18)22(27)29/h5-11,19H,3-4H2,1-2H3. The van der Waals surface area contributed by atoms with E-state index in [1.165, 1.54) is 16.2 Å². The Morgan fingerprint density at radius 1 is 1.12 bits per heavy atom. The predicted molar refractivity (Wildman–Crippen MR) is 123 cm³/mol. The summed E-state index contributed by atoms with van der Waals surface area (Å²) in [6, 6.07) is 11.4. The SMILES string of the molecule is CCOc1ccc2c(=O)c3c(oc2c1)C(=O)N(c1nnc(CC)s1)C3c1ccc(Cl)cc1. The highest BCUT2D eigenvalue weighted by atomic mass is 35.5. The summed E-state index contributed by atoms with van der Waals surface area (Å²) < 4.78 is 11.5. The summed E-state index contributed by atoms with van der Waals surface area (Å²) in [7, 11) is 0. The second kappa shape index (κ2) is 8.03. The van der Waals surface area contributed by atoms with Crippen LogP contribution in [0, 0.1) is 0 Å². The molecule has 2 aromatic carbocycles. The Hall–Kier alpha value is -3.23. The number of benzene rings is 2. The van der Waals surface area contributed by atoms with Crippen molar-refractivity contribution < 1.29 is 13.9 Å². The van der Waals surface area contributed by atoms with Crippen LogP contribution in [0.3, 0.4) is 0 Å². The first kappa shape index (κ1) is 20.7. The maximum atomic E-state index is 13.6. The van der Waals surface area contributed by atoms with Crippen LogP contribution in [0.2, 0.25) is 5.02 Å². The maximum Gasteiger partial charge on any atom is 0.297 e. The summed E-state index contributed by atoms with van der Waals surface area (Å²) >= 11 is 7.40. The van der Waals surface area contributed by atoms with Crippen molar-refractivity contribution in [2.45, 2.75) is 26.3 Å². The predicted octanol–water partition coefficient (Wildman–Crippen LogP) is 5.01. The lowest BCUT2D eigenvalue weighted by Gasteiger charge is -2.22. The summed E-state index contributed by atoms with van der Waals surface area (Å²) in [6.07, 6.45) is 0.694. The minimum Gasteiger partial charge on any atom is -0.494 e. The number of aromatic nitrogens is 2. The Kier molecular flexibility index (Phi) is 5.19. The summed E-state index contributed by atoms with van der Waals surface area (Å²) in [5.41, 5.74) is 1.05. The van der Waals surface area contributed by atoms with Crippen molar-refractivity contribution in [3.63, 3.8) is 0 Å². The molecule has 0 fully saturated rings. The fraction of sp³-hybridized carbons (Fsp3) is 0.217. The van der Waals surface area contributed by atoms with Crippen LogP contribution >= 0.6 is 22.9 Å². The zero-order chi connectivity index (χ0) is 22.4. The van der Waals surface area contributed by atoms with Gasteiger partial charge in [-0.1, -0.05) is 42.0 Å². The van der Waals surface area contributed by atoms with E-state index in [1.54, 1.807) is 42.5 Å². The van der Waals surface area contributed by atoms with Gasteiger partial charge in [-0.15, -0.1) is 10.2 Å². The van der Waals surface area contributed by atoms with Crippen LogP contribution in [-0.2, 0) is 6.42 Å². The molecule has 0 radical (unpaired) electrons. The molecule has 2 aromatic heterocycles. The van der Waals surface area contributed by atoms with Gasteiger partial charge in [-0.2, -0.15) is 0 Å². The van der Waals surface area contributed by atoms with Gasteiger partial charge in [0.2, 0.25) is 10.9 Å². The molecule has 5 rings (SSSR count). The third-order valence-electron chi connectivity index (χ3n) is 5.31. The molecule has 0 N–H and O–H groups in total. The molecule has 1 aliphatic rings. The van der Waals surface area contributed by atoms with Gasteiger partial charge in [0.15, 0.2) is 5.43 Å². The Balaban J connectivity index is 1.76. The second-order valence-corrected chi connectivity index (χ2v) is 8.70.